The van der Waals surface area contributed by atoms with Gasteiger partial charge in [-0.05, 0) is 31.7 Å². The maximum atomic E-state index is 11.8. The Morgan fingerprint density at radius 3 is 2.93 bits per heavy atom. The van der Waals surface area contributed by atoms with Crippen molar-refractivity contribution in [3.05, 3.63) is 0 Å². The van der Waals surface area contributed by atoms with E-state index in [1.54, 1.807) is 0 Å². The number of nitrogens with zero attached hydrogens (tertiary/aromatic N) is 1. The van der Waals surface area contributed by atoms with Crippen molar-refractivity contribution in [3.8, 4) is 0 Å². The zero-order chi connectivity index (χ0) is 11.1. The molecule has 0 aromatic heterocycles. The third-order valence-electron chi connectivity index (χ3n) is 3.15. The Hall–Kier alpha value is -0.570. The Morgan fingerprint density at radius 2 is 2.27 bits per heavy atom. The molecule has 1 N–H and O–H groups in total. The summed E-state index contributed by atoms with van der Waals surface area (Å²) in [6, 6.07) is 0. The van der Waals surface area contributed by atoms with Crippen molar-refractivity contribution >= 4 is 5.91 Å². The minimum Gasteiger partial charge on any atom is -0.341 e. The lowest BCUT2D eigenvalue weighted by atomic mass is 9.96. The standard InChI is InChI=1S/C12H24N2O/c1-3-7-13-9-12(15)14-8-5-6-11(4-2)10-14/h11,13H,3-10H2,1-2H3. The van der Waals surface area contributed by atoms with Crippen molar-refractivity contribution in [2.75, 3.05) is 26.2 Å². The average molecular weight is 212 g/mol. The highest BCUT2D eigenvalue weighted by atomic mass is 16.2. The molecule has 1 heterocycles. The first-order valence-electron chi connectivity index (χ1n) is 6.26. The molecule has 1 amide bonds. The lowest BCUT2D eigenvalue weighted by Crippen LogP contribution is -2.44. The van der Waals surface area contributed by atoms with Gasteiger partial charge in [0.2, 0.25) is 5.91 Å². The highest BCUT2D eigenvalue weighted by molar-refractivity contribution is 5.78. The molecular formula is C12H24N2O. The van der Waals surface area contributed by atoms with Crippen LogP contribution in [0.5, 0.6) is 0 Å². The number of nitrogens with one attached hydrogen (secondary N) is 1. The zero-order valence-corrected chi connectivity index (χ0v) is 10.1. The third kappa shape index (κ3) is 4.20. The molecule has 15 heavy (non-hydrogen) atoms. The van der Waals surface area contributed by atoms with Gasteiger partial charge >= 0.3 is 0 Å². The van der Waals surface area contributed by atoms with Crippen molar-refractivity contribution in [1.82, 2.24) is 10.2 Å². The minimum atomic E-state index is 0.279. The van der Waals surface area contributed by atoms with Crippen molar-refractivity contribution in [3.63, 3.8) is 0 Å². The van der Waals surface area contributed by atoms with Crippen LogP contribution in [0.3, 0.4) is 0 Å². The predicted molar refractivity (Wildman–Crippen MR) is 62.8 cm³/mol. The second-order valence-electron chi connectivity index (χ2n) is 4.43. The van der Waals surface area contributed by atoms with E-state index in [-0.39, 0.29) is 5.91 Å². The van der Waals surface area contributed by atoms with Gasteiger partial charge in [0, 0.05) is 13.1 Å². The maximum absolute atomic E-state index is 11.8. The van der Waals surface area contributed by atoms with Crippen LogP contribution in [-0.2, 0) is 4.79 Å². The van der Waals surface area contributed by atoms with E-state index in [9.17, 15) is 4.79 Å². The Kier molecular flexibility index (Phi) is 5.69. The summed E-state index contributed by atoms with van der Waals surface area (Å²) >= 11 is 0. The summed E-state index contributed by atoms with van der Waals surface area (Å²) in [7, 11) is 0. The molecule has 0 radical (unpaired) electrons. The second-order valence-corrected chi connectivity index (χ2v) is 4.43. The molecule has 0 aliphatic carbocycles. The van der Waals surface area contributed by atoms with Crippen LogP contribution in [0, 0.1) is 5.92 Å². The molecule has 1 aliphatic heterocycles. The van der Waals surface area contributed by atoms with Crippen LogP contribution in [0.1, 0.15) is 39.5 Å². The molecule has 1 saturated heterocycles. The molecule has 0 aromatic rings. The van der Waals surface area contributed by atoms with Gasteiger partial charge in [0.15, 0.2) is 0 Å². The molecule has 3 nitrogen and oxygen atoms in total. The van der Waals surface area contributed by atoms with Crippen LogP contribution < -0.4 is 5.32 Å². The fraction of sp³-hybridized carbons (Fsp3) is 0.917. The maximum Gasteiger partial charge on any atom is 0.236 e. The molecule has 1 rings (SSSR count). The van der Waals surface area contributed by atoms with E-state index in [4.69, 9.17) is 0 Å². The molecule has 1 fully saturated rings. The Balaban J connectivity index is 2.25. The molecule has 0 saturated carbocycles. The van der Waals surface area contributed by atoms with Gasteiger partial charge in [-0.2, -0.15) is 0 Å². The number of hydrogen-bond acceptors (Lipinski definition) is 2. The molecule has 0 bridgehead atoms. The van der Waals surface area contributed by atoms with Gasteiger partial charge in [-0.25, -0.2) is 0 Å². The van der Waals surface area contributed by atoms with Crippen LogP contribution in [0.4, 0.5) is 0 Å². The average Bonchev–Trinajstić information content (AvgIpc) is 2.29. The summed E-state index contributed by atoms with van der Waals surface area (Å²) < 4.78 is 0. The quantitative estimate of drug-likeness (QED) is 0.703. The van der Waals surface area contributed by atoms with E-state index in [2.05, 4.69) is 19.2 Å². The number of piperidine rings is 1. The number of carbonyl (C=O) groups is 1. The van der Waals surface area contributed by atoms with Crippen molar-refractivity contribution in [2.24, 2.45) is 5.92 Å². The van der Waals surface area contributed by atoms with Crippen LogP contribution in [0.25, 0.3) is 0 Å². The van der Waals surface area contributed by atoms with Crippen molar-refractivity contribution in [1.29, 1.82) is 0 Å². The van der Waals surface area contributed by atoms with Crippen LogP contribution in [0.2, 0.25) is 0 Å². The SMILES string of the molecule is CCCNCC(=O)N1CCCC(CC)C1. The van der Waals surface area contributed by atoms with E-state index < -0.39 is 0 Å². The summed E-state index contributed by atoms with van der Waals surface area (Å²) in [6.45, 7) is 7.73. The Bertz CT molecular complexity index is 194. The third-order valence-corrected chi connectivity index (χ3v) is 3.15. The number of amides is 1. The van der Waals surface area contributed by atoms with Gasteiger partial charge in [0.25, 0.3) is 0 Å². The van der Waals surface area contributed by atoms with Crippen LogP contribution in [-0.4, -0.2) is 37.0 Å². The number of rotatable bonds is 5. The zero-order valence-electron chi connectivity index (χ0n) is 10.1. The minimum absolute atomic E-state index is 0.279. The second kappa shape index (κ2) is 6.83. The lowest BCUT2D eigenvalue weighted by Gasteiger charge is -2.32. The molecule has 0 aromatic carbocycles. The van der Waals surface area contributed by atoms with Gasteiger partial charge in [0.1, 0.15) is 0 Å². The van der Waals surface area contributed by atoms with Gasteiger partial charge in [-0.15, -0.1) is 0 Å². The van der Waals surface area contributed by atoms with E-state index in [1.165, 1.54) is 19.3 Å². The highest BCUT2D eigenvalue weighted by Gasteiger charge is 2.21. The number of hydrogen-bond donors (Lipinski definition) is 1. The smallest absolute Gasteiger partial charge is 0.236 e. The van der Waals surface area contributed by atoms with Crippen molar-refractivity contribution < 1.29 is 4.79 Å². The summed E-state index contributed by atoms with van der Waals surface area (Å²) in [4.78, 5) is 13.8. The molecule has 1 atom stereocenters. The first-order valence-corrected chi connectivity index (χ1v) is 6.26. The van der Waals surface area contributed by atoms with Gasteiger partial charge < -0.3 is 10.2 Å². The molecular weight excluding hydrogens is 188 g/mol. The van der Waals surface area contributed by atoms with Crippen molar-refractivity contribution in [2.45, 2.75) is 39.5 Å². The molecule has 1 aliphatic rings. The topological polar surface area (TPSA) is 32.3 Å². The van der Waals surface area contributed by atoms with E-state index in [0.29, 0.717) is 6.54 Å². The lowest BCUT2D eigenvalue weighted by molar-refractivity contribution is -0.132. The first-order chi connectivity index (χ1) is 7.27. The monoisotopic (exact) mass is 212 g/mol. The highest BCUT2D eigenvalue weighted by Crippen LogP contribution is 2.18. The predicted octanol–water partition coefficient (Wildman–Crippen LogP) is 1.63. The van der Waals surface area contributed by atoms with E-state index in [0.717, 1.165) is 32.0 Å². The largest absolute Gasteiger partial charge is 0.341 e. The van der Waals surface area contributed by atoms with Gasteiger partial charge in [-0.3, -0.25) is 4.79 Å². The van der Waals surface area contributed by atoms with E-state index >= 15 is 0 Å². The fourth-order valence-electron chi connectivity index (χ4n) is 2.11. The summed E-state index contributed by atoms with van der Waals surface area (Å²) in [5, 5.41) is 3.17. The van der Waals surface area contributed by atoms with Crippen LogP contribution in [0.15, 0.2) is 0 Å². The summed E-state index contributed by atoms with van der Waals surface area (Å²) in [6.07, 6.45) is 4.76. The van der Waals surface area contributed by atoms with E-state index in [1.807, 2.05) is 4.90 Å². The molecule has 88 valence electrons. The fourth-order valence-corrected chi connectivity index (χ4v) is 2.11. The Morgan fingerprint density at radius 1 is 1.47 bits per heavy atom. The normalized spacial score (nSPS) is 21.7. The number of carbonyl (C=O) groups excluding carboxylic acids is 1. The first kappa shape index (κ1) is 12.5. The molecule has 0 spiro atoms. The van der Waals surface area contributed by atoms with Gasteiger partial charge in [0.05, 0.1) is 6.54 Å². The molecule has 1 unspecified atom stereocenters. The van der Waals surface area contributed by atoms with Crippen LogP contribution >= 0.6 is 0 Å². The molecule has 3 heteroatoms. The van der Waals surface area contributed by atoms with Gasteiger partial charge in [-0.1, -0.05) is 20.3 Å². The number of likely N-dealkylation sites (tertiary alicyclic amines) is 1. The summed E-state index contributed by atoms with van der Waals surface area (Å²) in [5.74, 6) is 1.01. The Labute approximate surface area is 93.2 Å². The summed E-state index contributed by atoms with van der Waals surface area (Å²) in [5.41, 5.74) is 0.